The van der Waals surface area contributed by atoms with Gasteiger partial charge in [-0.3, -0.25) is 4.79 Å². The number of carbonyl (C=O) groups excluding carboxylic acids is 1. The molecule has 1 N–H and O–H groups in total. The number of carbonyl (C=O) groups is 1. The predicted octanol–water partition coefficient (Wildman–Crippen LogP) is 4.14. The SMILES string of the molecule is Cl.O=C(CC(c1ccccc1)C(F)(F)F)N1CCC(NCC2CC2)CC1. The van der Waals surface area contributed by atoms with Gasteiger partial charge in [0.2, 0.25) is 5.91 Å². The van der Waals surface area contributed by atoms with Gasteiger partial charge in [-0.05, 0) is 43.7 Å². The van der Waals surface area contributed by atoms with Crippen LogP contribution >= 0.6 is 12.4 Å². The summed E-state index contributed by atoms with van der Waals surface area (Å²) in [5.41, 5.74) is 0.157. The molecule has 0 aromatic heterocycles. The second kappa shape index (κ2) is 9.09. The molecule has 3 nitrogen and oxygen atoms in total. The maximum atomic E-state index is 13.4. The van der Waals surface area contributed by atoms with Gasteiger partial charge in [0.1, 0.15) is 0 Å². The molecule has 1 amide bonds. The maximum absolute atomic E-state index is 13.4. The van der Waals surface area contributed by atoms with Crippen molar-refractivity contribution < 1.29 is 18.0 Å². The third-order valence-electron chi connectivity index (χ3n) is 5.22. The summed E-state index contributed by atoms with van der Waals surface area (Å²) in [5.74, 6) is -1.32. The first kappa shape index (κ1) is 21.0. The Balaban J connectivity index is 0.00000243. The molecule has 3 rings (SSSR count). The predicted molar refractivity (Wildman–Crippen MR) is 97.4 cm³/mol. The van der Waals surface area contributed by atoms with E-state index in [9.17, 15) is 18.0 Å². The highest BCUT2D eigenvalue weighted by molar-refractivity contribution is 5.85. The normalized spacial score (nSPS) is 19.7. The third kappa shape index (κ3) is 5.88. The number of piperidine rings is 1. The highest BCUT2D eigenvalue weighted by atomic mass is 35.5. The standard InChI is InChI=1S/C19H25F3N2O.ClH/c20-19(21,22)17(15-4-2-1-3-5-15)12-18(25)24-10-8-16(9-11-24)23-13-14-6-7-14;/h1-5,14,16-17,23H,6-13H2;1H. The maximum Gasteiger partial charge on any atom is 0.396 e. The van der Waals surface area contributed by atoms with Crippen molar-refractivity contribution in [1.29, 1.82) is 0 Å². The number of nitrogens with zero attached hydrogens (tertiary/aromatic N) is 1. The van der Waals surface area contributed by atoms with Gasteiger partial charge in [0.05, 0.1) is 5.92 Å². The van der Waals surface area contributed by atoms with Gasteiger partial charge in [0.15, 0.2) is 0 Å². The van der Waals surface area contributed by atoms with Gasteiger partial charge in [0.25, 0.3) is 0 Å². The molecule has 1 unspecified atom stereocenters. The molecule has 1 saturated heterocycles. The van der Waals surface area contributed by atoms with Crippen LogP contribution in [0.2, 0.25) is 0 Å². The van der Waals surface area contributed by atoms with Crippen LogP contribution in [0.5, 0.6) is 0 Å². The number of hydrogen-bond donors (Lipinski definition) is 1. The molecule has 0 radical (unpaired) electrons. The third-order valence-corrected chi connectivity index (χ3v) is 5.22. The second-order valence-electron chi connectivity index (χ2n) is 7.22. The highest BCUT2D eigenvalue weighted by Gasteiger charge is 2.42. The van der Waals surface area contributed by atoms with Crippen molar-refractivity contribution in [3.8, 4) is 0 Å². The fraction of sp³-hybridized carbons (Fsp3) is 0.632. The number of halogens is 4. The van der Waals surface area contributed by atoms with Crippen molar-refractivity contribution in [1.82, 2.24) is 10.2 Å². The summed E-state index contributed by atoms with van der Waals surface area (Å²) < 4.78 is 40.2. The average molecular weight is 391 g/mol. The molecule has 146 valence electrons. The molecule has 1 aromatic carbocycles. The zero-order valence-electron chi connectivity index (χ0n) is 14.7. The van der Waals surface area contributed by atoms with Crippen LogP contribution in [0.25, 0.3) is 0 Å². The summed E-state index contributed by atoms with van der Waals surface area (Å²) in [6.45, 7) is 2.11. The Kier molecular flexibility index (Phi) is 7.35. The van der Waals surface area contributed by atoms with E-state index in [0.717, 1.165) is 25.3 Å². The second-order valence-corrected chi connectivity index (χ2v) is 7.22. The molecule has 1 aliphatic carbocycles. The monoisotopic (exact) mass is 390 g/mol. The molecular formula is C19H26ClF3N2O. The fourth-order valence-corrected chi connectivity index (χ4v) is 3.40. The van der Waals surface area contributed by atoms with Crippen molar-refractivity contribution >= 4 is 18.3 Å². The van der Waals surface area contributed by atoms with Crippen molar-refractivity contribution in [2.24, 2.45) is 5.92 Å². The molecule has 2 aliphatic rings. The van der Waals surface area contributed by atoms with Crippen LogP contribution in [0.4, 0.5) is 13.2 Å². The first-order valence-electron chi connectivity index (χ1n) is 9.06. The quantitative estimate of drug-likeness (QED) is 0.791. The molecule has 1 saturated carbocycles. The summed E-state index contributed by atoms with van der Waals surface area (Å²) in [6, 6.07) is 8.11. The van der Waals surface area contributed by atoms with Gasteiger partial charge in [-0.1, -0.05) is 30.3 Å². The summed E-state index contributed by atoms with van der Waals surface area (Å²) in [7, 11) is 0. The molecule has 0 spiro atoms. The lowest BCUT2D eigenvalue weighted by atomic mass is 9.94. The Bertz CT molecular complexity index is 570. The Hall–Kier alpha value is -1.27. The molecule has 1 heterocycles. The van der Waals surface area contributed by atoms with E-state index < -0.39 is 24.4 Å². The summed E-state index contributed by atoms with van der Waals surface area (Å²) in [6.07, 6.45) is -0.693. The highest BCUT2D eigenvalue weighted by Crippen LogP contribution is 2.38. The van der Waals surface area contributed by atoms with Gasteiger partial charge in [0, 0.05) is 25.6 Å². The van der Waals surface area contributed by atoms with E-state index in [4.69, 9.17) is 0 Å². The van der Waals surface area contributed by atoms with Crippen molar-refractivity contribution in [2.45, 2.75) is 50.2 Å². The largest absolute Gasteiger partial charge is 0.396 e. The Morgan fingerprint density at radius 1 is 1.12 bits per heavy atom. The average Bonchev–Trinajstić information content (AvgIpc) is 3.42. The van der Waals surface area contributed by atoms with E-state index in [1.165, 1.54) is 25.0 Å². The summed E-state index contributed by atoms with van der Waals surface area (Å²) in [4.78, 5) is 14.0. The molecule has 7 heteroatoms. The van der Waals surface area contributed by atoms with Crippen LogP contribution < -0.4 is 5.32 Å². The van der Waals surface area contributed by atoms with Gasteiger partial charge >= 0.3 is 6.18 Å². The number of benzene rings is 1. The molecule has 26 heavy (non-hydrogen) atoms. The zero-order valence-corrected chi connectivity index (χ0v) is 15.5. The topological polar surface area (TPSA) is 32.3 Å². The minimum atomic E-state index is -4.42. The Labute approximate surface area is 158 Å². The molecule has 1 atom stereocenters. The Morgan fingerprint density at radius 3 is 2.27 bits per heavy atom. The van der Waals surface area contributed by atoms with E-state index in [-0.39, 0.29) is 18.0 Å². The number of nitrogens with one attached hydrogen (secondary N) is 1. The van der Waals surface area contributed by atoms with E-state index in [1.54, 1.807) is 23.1 Å². The van der Waals surface area contributed by atoms with Crippen molar-refractivity contribution in [3.05, 3.63) is 35.9 Å². The lowest BCUT2D eigenvalue weighted by molar-refractivity contribution is -0.161. The first-order valence-corrected chi connectivity index (χ1v) is 9.06. The van der Waals surface area contributed by atoms with Crippen molar-refractivity contribution in [3.63, 3.8) is 0 Å². The van der Waals surface area contributed by atoms with Crippen LogP contribution in [0, 0.1) is 5.92 Å². The van der Waals surface area contributed by atoms with Crippen LogP contribution in [-0.2, 0) is 4.79 Å². The van der Waals surface area contributed by atoms with Gasteiger partial charge in [-0.25, -0.2) is 0 Å². The molecule has 2 fully saturated rings. The van der Waals surface area contributed by atoms with Crippen LogP contribution in [0.15, 0.2) is 30.3 Å². The summed E-state index contributed by atoms with van der Waals surface area (Å²) in [5, 5.41) is 3.52. The smallest absolute Gasteiger partial charge is 0.343 e. The first-order chi connectivity index (χ1) is 11.9. The molecule has 1 aromatic rings. The number of hydrogen-bond acceptors (Lipinski definition) is 2. The van der Waals surface area contributed by atoms with E-state index >= 15 is 0 Å². The number of amides is 1. The number of likely N-dealkylation sites (tertiary alicyclic amines) is 1. The zero-order chi connectivity index (χ0) is 17.9. The lowest BCUT2D eigenvalue weighted by Gasteiger charge is -2.33. The van der Waals surface area contributed by atoms with Gasteiger partial charge in [-0.2, -0.15) is 13.2 Å². The molecule has 0 bridgehead atoms. The van der Waals surface area contributed by atoms with Crippen LogP contribution in [0.3, 0.4) is 0 Å². The van der Waals surface area contributed by atoms with Crippen molar-refractivity contribution in [2.75, 3.05) is 19.6 Å². The summed E-state index contributed by atoms with van der Waals surface area (Å²) >= 11 is 0. The fourth-order valence-electron chi connectivity index (χ4n) is 3.40. The number of alkyl halides is 3. The minimum Gasteiger partial charge on any atom is -0.343 e. The van der Waals surface area contributed by atoms with Gasteiger partial charge < -0.3 is 10.2 Å². The van der Waals surface area contributed by atoms with Crippen LogP contribution in [0.1, 0.15) is 43.6 Å². The minimum absolute atomic E-state index is 0. The Morgan fingerprint density at radius 2 is 1.73 bits per heavy atom. The van der Waals surface area contributed by atoms with Crippen LogP contribution in [-0.4, -0.2) is 42.7 Å². The molecule has 1 aliphatic heterocycles. The lowest BCUT2D eigenvalue weighted by Crippen LogP contribution is -2.46. The van der Waals surface area contributed by atoms with Gasteiger partial charge in [-0.15, -0.1) is 12.4 Å². The van der Waals surface area contributed by atoms with E-state index in [1.807, 2.05) is 0 Å². The van der Waals surface area contributed by atoms with E-state index in [2.05, 4.69) is 5.32 Å². The molecular weight excluding hydrogens is 365 g/mol. The van der Waals surface area contributed by atoms with E-state index in [0.29, 0.717) is 19.1 Å². The number of rotatable bonds is 6.